The Morgan fingerprint density at radius 2 is 1.80 bits per heavy atom. The molecule has 26 valence electrons. The van der Waals surface area contributed by atoms with E-state index in [0.717, 1.165) is 6.42 Å². The van der Waals surface area contributed by atoms with E-state index < -0.39 is 0 Å². The van der Waals surface area contributed by atoms with Gasteiger partial charge in [-0.15, -0.1) is 6.61 Å². The van der Waals surface area contributed by atoms with Crippen LogP contribution >= 0.6 is 0 Å². The molecule has 0 saturated carbocycles. The van der Waals surface area contributed by atoms with Crippen LogP contribution in [0.4, 0.5) is 0 Å². The molecule has 0 aliphatic carbocycles. The topological polar surface area (TPSA) is 23.1 Å². The van der Waals surface area contributed by atoms with Crippen molar-refractivity contribution in [2.45, 2.75) is 13.3 Å². The Morgan fingerprint density at radius 3 is 1.80 bits per heavy atom. The number of hydrogen-bond acceptors (Lipinski definition) is 1. The first kappa shape index (κ1) is 9.90. The average Bonchev–Trinajstić information content (AvgIpc) is 1.37. The maximum atomic E-state index is 9.30. The van der Waals surface area contributed by atoms with Gasteiger partial charge >= 0.3 is 58.2 Å². The monoisotopic (exact) mass is 144 g/mol. The van der Waals surface area contributed by atoms with Gasteiger partial charge in [0.25, 0.3) is 0 Å². The zero-order valence-corrected chi connectivity index (χ0v) is 8.74. The first-order valence-corrected chi connectivity index (χ1v) is 1.50. The van der Waals surface area contributed by atoms with Gasteiger partial charge < -0.3 is 5.11 Å². The third kappa shape index (κ3) is 10.7. The first-order chi connectivity index (χ1) is 1.91. The summed E-state index contributed by atoms with van der Waals surface area (Å²) >= 11 is 0. The van der Waals surface area contributed by atoms with E-state index in [1.54, 1.807) is 0 Å². The maximum Gasteiger partial charge on any atom is 1.00 e. The van der Waals surface area contributed by atoms with Crippen molar-refractivity contribution in [3.8, 4) is 0 Å². The van der Waals surface area contributed by atoms with E-state index in [-0.39, 0.29) is 64.8 Å². The Hall–Kier alpha value is 1.77. The van der Waals surface area contributed by atoms with E-state index in [4.69, 9.17) is 0 Å². The van der Waals surface area contributed by atoms with Gasteiger partial charge in [0.1, 0.15) is 0 Å². The molecule has 0 aliphatic rings. The van der Waals surface area contributed by atoms with Crippen LogP contribution in [0.25, 0.3) is 0 Å². The Balaban J connectivity index is 0. The quantitative estimate of drug-likeness (QED) is 0.380. The molecule has 0 aromatic heterocycles. The second kappa shape index (κ2) is 9.23. The summed E-state index contributed by atoms with van der Waals surface area (Å²) < 4.78 is 0. The van der Waals surface area contributed by atoms with Gasteiger partial charge in [0.2, 0.25) is 0 Å². The molecule has 0 radical (unpaired) electrons. The van der Waals surface area contributed by atoms with Crippen LogP contribution < -0.4 is 63.3 Å². The van der Waals surface area contributed by atoms with Crippen molar-refractivity contribution in [1.29, 1.82) is 0 Å². The Kier molecular flexibility index (Phi) is 18.3. The van der Waals surface area contributed by atoms with E-state index in [0.29, 0.717) is 0 Å². The summed E-state index contributed by atoms with van der Waals surface area (Å²) in [4.78, 5) is 0. The molecule has 1 nitrogen and oxygen atoms in total. The minimum absolute atomic E-state index is 0. The molecule has 0 saturated heterocycles. The summed E-state index contributed by atoms with van der Waals surface area (Å²) in [5.74, 6) is 0. The van der Waals surface area contributed by atoms with Gasteiger partial charge in [-0.1, -0.05) is 13.3 Å². The maximum absolute atomic E-state index is 9.30. The van der Waals surface area contributed by atoms with Gasteiger partial charge in [0.05, 0.1) is 0 Å². The van der Waals surface area contributed by atoms with E-state index in [2.05, 4.69) is 0 Å². The minimum atomic E-state index is 0. The molecule has 0 bridgehead atoms. The van der Waals surface area contributed by atoms with Crippen LogP contribution in [-0.4, -0.2) is 6.61 Å². The van der Waals surface area contributed by atoms with Crippen LogP contribution in [0.3, 0.4) is 0 Å². The van der Waals surface area contributed by atoms with Crippen molar-refractivity contribution < 1.29 is 63.3 Å². The van der Waals surface area contributed by atoms with Crippen molar-refractivity contribution in [3.05, 3.63) is 0 Å². The Bertz CT molecular complexity index is 8.85. The summed E-state index contributed by atoms with van der Waals surface area (Å²) in [5.41, 5.74) is 0. The normalized spacial score (nSPS) is 6.00. The van der Waals surface area contributed by atoms with Crippen LogP contribution in [0.1, 0.15) is 13.3 Å². The van der Waals surface area contributed by atoms with Crippen molar-refractivity contribution >= 4 is 0 Å². The van der Waals surface area contributed by atoms with Crippen LogP contribution in [0.15, 0.2) is 0 Å². The average molecular weight is 145 g/mol. The molecule has 0 fully saturated rings. The molecule has 0 rings (SSSR count). The summed E-state index contributed by atoms with van der Waals surface area (Å²) in [6.07, 6.45) is 0.764. The van der Waals surface area contributed by atoms with Crippen LogP contribution in [-0.2, 0) is 0 Å². The third-order valence-electron chi connectivity index (χ3n) is 0.204. The second-order valence-electron chi connectivity index (χ2n) is 0.704. The van der Waals surface area contributed by atoms with Crippen LogP contribution in [0.2, 0.25) is 0 Å². The zero-order valence-electron chi connectivity index (χ0n) is 3.82. The molecule has 0 spiro atoms. The molecule has 0 aromatic carbocycles. The largest absolute Gasteiger partial charge is 1.00 e. The van der Waals surface area contributed by atoms with Gasteiger partial charge in [-0.25, -0.2) is 0 Å². The minimum Gasteiger partial charge on any atom is -0.854 e. The molecule has 0 heterocycles. The SMILES string of the molecule is CCC[O-].[Rb+]. The molecule has 2 heteroatoms. The summed E-state index contributed by atoms with van der Waals surface area (Å²) in [7, 11) is 0. The predicted octanol–water partition coefficient (Wildman–Crippen LogP) is -3.24. The van der Waals surface area contributed by atoms with E-state index >= 15 is 0 Å². The van der Waals surface area contributed by atoms with Gasteiger partial charge in [-0.2, -0.15) is 0 Å². The molecule has 5 heavy (non-hydrogen) atoms. The Labute approximate surface area is 81.6 Å². The smallest absolute Gasteiger partial charge is 0.854 e. The number of rotatable bonds is 1. The zero-order chi connectivity index (χ0) is 3.41. The van der Waals surface area contributed by atoms with Gasteiger partial charge in [0.15, 0.2) is 0 Å². The summed E-state index contributed by atoms with van der Waals surface area (Å²) in [6, 6.07) is 0. The Morgan fingerprint density at radius 1 is 1.60 bits per heavy atom. The number of hydrogen-bond donors (Lipinski definition) is 0. The molecule has 0 aromatic rings. The van der Waals surface area contributed by atoms with Crippen LogP contribution in [0.5, 0.6) is 0 Å². The molecule has 0 aliphatic heterocycles. The first-order valence-electron chi connectivity index (χ1n) is 1.50. The van der Waals surface area contributed by atoms with Crippen LogP contribution in [0, 0.1) is 0 Å². The fraction of sp³-hybridized carbons (Fsp3) is 1.00. The van der Waals surface area contributed by atoms with E-state index in [1.165, 1.54) is 0 Å². The standard InChI is InChI=1S/C3H7O.Rb/c1-2-3-4;/h2-3H2,1H3;/q-1;+1. The summed E-state index contributed by atoms with van der Waals surface area (Å²) in [5, 5.41) is 9.30. The van der Waals surface area contributed by atoms with E-state index in [1.807, 2.05) is 6.92 Å². The molecular formula is C3H7ORb. The van der Waals surface area contributed by atoms with Crippen molar-refractivity contribution in [3.63, 3.8) is 0 Å². The molecule has 0 amide bonds. The molecule has 0 unspecified atom stereocenters. The van der Waals surface area contributed by atoms with Crippen molar-refractivity contribution in [2.75, 3.05) is 6.61 Å². The fourth-order valence-corrected chi connectivity index (χ4v) is 0. The van der Waals surface area contributed by atoms with Crippen molar-refractivity contribution in [2.24, 2.45) is 0 Å². The van der Waals surface area contributed by atoms with Gasteiger partial charge in [0, 0.05) is 0 Å². The van der Waals surface area contributed by atoms with Crippen molar-refractivity contribution in [1.82, 2.24) is 0 Å². The molecular weight excluding hydrogens is 138 g/mol. The van der Waals surface area contributed by atoms with E-state index in [9.17, 15) is 5.11 Å². The van der Waals surface area contributed by atoms with Gasteiger partial charge in [-0.3, -0.25) is 0 Å². The summed E-state index contributed by atoms with van der Waals surface area (Å²) in [6.45, 7) is 1.94. The van der Waals surface area contributed by atoms with Gasteiger partial charge in [-0.05, 0) is 0 Å². The third-order valence-corrected chi connectivity index (χ3v) is 0.204. The predicted molar refractivity (Wildman–Crippen MR) is 15.2 cm³/mol. The molecule has 0 atom stereocenters. The second-order valence-corrected chi connectivity index (χ2v) is 0.704. The fourth-order valence-electron chi connectivity index (χ4n) is 0. The molecule has 0 N–H and O–H groups in total.